The summed E-state index contributed by atoms with van der Waals surface area (Å²) >= 11 is 0. The van der Waals surface area contributed by atoms with Gasteiger partial charge in [-0.15, -0.1) is 10.2 Å². The third-order valence-electron chi connectivity index (χ3n) is 2.06. The molecule has 0 atom stereocenters. The highest BCUT2D eigenvalue weighted by atomic mass is 15.5. The number of hydrogen-bond donors (Lipinski definition) is 2. The molecule has 1 aromatic heterocycles. The fourth-order valence-electron chi connectivity index (χ4n) is 1.30. The van der Waals surface area contributed by atoms with E-state index in [1.807, 2.05) is 24.3 Å². The fourth-order valence-corrected chi connectivity index (χ4v) is 1.30. The molecule has 0 spiro atoms. The molecule has 14 heavy (non-hydrogen) atoms. The molecule has 0 aliphatic heterocycles. The van der Waals surface area contributed by atoms with Crippen molar-refractivity contribution in [2.24, 2.45) is 0 Å². The van der Waals surface area contributed by atoms with Crippen LogP contribution in [0.5, 0.6) is 0 Å². The molecule has 72 valence electrons. The van der Waals surface area contributed by atoms with E-state index in [-0.39, 0.29) is 0 Å². The lowest BCUT2D eigenvalue weighted by Crippen LogP contribution is -1.98. The van der Waals surface area contributed by atoms with Gasteiger partial charge >= 0.3 is 0 Å². The predicted molar refractivity (Wildman–Crippen MR) is 52.4 cm³/mol. The number of nitrogens with zero attached hydrogens (tertiary/aromatic N) is 3. The second-order valence-electron chi connectivity index (χ2n) is 3.03. The quantitative estimate of drug-likeness (QED) is 0.691. The predicted octanol–water partition coefficient (Wildman–Crippen LogP) is 0.567. The third kappa shape index (κ3) is 1.87. The van der Waals surface area contributed by atoms with E-state index in [1.165, 1.54) is 0 Å². The number of aryl methyl sites for hydroxylation is 2. The summed E-state index contributed by atoms with van der Waals surface area (Å²) in [7, 11) is 0. The molecule has 0 bridgehead atoms. The van der Waals surface area contributed by atoms with Crippen LogP contribution >= 0.6 is 0 Å². The first-order valence-corrected chi connectivity index (χ1v) is 4.42. The van der Waals surface area contributed by atoms with Gasteiger partial charge < -0.3 is 5.73 Å². The average Bonchev–Trinajstić information content (AvgIpc) is 2.69. The molecule has 0 radical (unpaired) electrons. The Morgan fingerprint density at radius 1 is 1.21 bits per heavy atom. The molecule has 0 amide bonds. The number of benzene rings is 1. The summed E-state index contributed by atoms with van der Waals surface area (Å²) in [6, 6.07) is 7.80. The third-order valence-corrected chi connectivity index (χ3v) is 2.06. The lowest BCUT2D eigenvalue weighted by atomic mass is 10.1. The number of nitrogens with one attached hydrogen (secondary N) is 1. The molecular weight excluding hydrogens is 178 g/mol. The zero-order valence-electron chi connectivity index (χ0n) is 7.64. The highest BCUT2D eigenvalue weighted by molar-refractivity contribution is 5.46. The van der Waals surface area contributed by atoms with Crippen molar-refractivity contribution in [1.82, 2.24) is 20.6 Å². The van der Waals surface area contributed by atoms with Gasteiger partial charge in [-0.05, 0) is 18.1 Å². The number of para-hydroxylation sites is 1. The van der Waals surface area contributed by atoms with Gasteiger partial charge in [-0.25, -0.2) is 0 Å². The summed E-state index contributed by atoms with van der Waals surface area (Å²) in [5, 5.41) is 13.7. The van der Waals surface area contributed by atoms with Crippen molar-refractivity contribution < 1.29 is 0 Å². The first kappa shape index (κ1) is 8.68. The number of tetrazole rings is 1. The van der Waals surface area contributed by atoms with Gasteiger partial charge in [-0.2, -0.15) is 5.21 Å². The maximum Gasteiger partial charge on any atom is 0.174 e. The van der Waals surface area contributed by atoms with Crippen LogP contribution in [-0.2, 0) is 12.8 Å². The lowest BCUT2D eigenvalue weighted by molar-refractivity contribution is 0.866. The first-order valence-electron chi connectivity index (χ1n) is 4.42. The van der Waals surface area contributed by atoms with Crippen molar-refractivity contribution in [3.63, 3.8) is 0 Å². The van der Waals surface area contributed by atoms with E-state index in [4.69, 9.17) is 5.73 Å². The summed E-state index contributed by atoms with van der Waals surface area (Å²) in [6.45, 7) is 0. The van der Waals surface area contributed by atoms with Gasteiger partial charge in [0.2, 0.25) is 0 Å². The van der Waals surface area contributed by atoms with Crippen molar-refractivity contribution in [2.45, 2.75) is 12.8 Å². The molecule has 1 heterocycles. The van der Waals surface area contributed by atoms with Gasteiger partial charge in [0.15, 0.2) is 5.82 Å². The molecule has 2 aromatic rings. The molecule has 5 nitrogen and oxygen atoms in total. The zero-order valence-corrected chi connectivity index (χ0v) is 7.64. The highest BCUT2D eigenvalue weighted by Gasteiger charge is 2.01. The molecule has 2 rings (SSSR count). The van der Waals surface area contributed by atoms with Crippen LogP contribution in [0.3, 0.4) is 0 Å². The summed E-state index contributed by atoms with van der Waals surface area (Å²) < 4.78 is 0. The minimum absolute atomic E-state index is 0.716. The minimum atomic E-state index is 0.716. The number of hydrogen-bond acceptors (Lipinski definition) is 4. The van der Waals surface area contributed by atoms with Crippen LogP contribution in [0.2, 0.25) is 0 Å². The van der Waals surface area contributed by atoms with E-state index in [9.17, 15) is 0 Å². The molecule has 0 fully saturated rings. The molecule has 3 N–H and O–H groups in total. The van der Waals surface area contributed by atoms with Crippen LogP contribution in [0, 0.1) is 0 Å². The van der Waals surface area contributed by atoms with E-state index in [0.29, 0.717) is 5.82 Å². The van der Waals surface area contributed by atoms with Crippen molar-refractivity contribution in [3.05, 3.63) is 35.7 Å². The molecule has 0 unspecified atom stereocenters. The van der Waals surface area contributed by atoms with Crippen LogP contribution in [0.25, 0.3) is 0 Å². The number of anilines is 1. The summed E-state index contributed by atoms with van der Waals surface area (Å²) in [6.07, 6.45) is 1.59. The largest absolute Gasteiger partial charge is 0.399 e. The smallest absolute Gasteiger partial charge is 0.174 e. The molecular formula is C9H11N5. The van der Waals surface area contributed by atoms with Crippen molar-refractivity contribution in [3.8, 4) is 0 Å². The average molecular weight is 189 g/mol. The summed E-state index contributed by atoms with van der Waals surface area (Å²) in [5.74, 6) is 0.716. The molecule has 1 aromatic carbocycles. The Morgan fingerprint density at radius 2 is 2.07 bits per heavy atom. The summed E-state index contributed by atoms with van der Waals surface area (Å²) in [5.41, 5.74) is 7.73. The number of nitrogens with two attached hydrogens (primary N) is 1. The van der Waals surface area contributed by atoms with Crippen LogP contribution in [0.4, 0.5) is 5.69 Å². The van der Waals surface area contributed by atoms with Crippen LogP contribution < -0.4 is 5.73 Å². The second-order valence-corrected chi connectivity index (χ2v) is 3.03. The van der Waals surface area contributed by atoms with E-state index in [2.05, 4.69) is 20.6 Å². The van der Waals surface area contributed by atoms with Gasteiger partial charge in [-0.1, -0.05) is 23.4 Å². The highest BCUT2D eigenvalue weighted by Crippen LogP contribution is 2.12. The second kappa shape index (κ2) is 3.87. The Kier molecular flexibility index (Phi) is 2.40. The normalized spacial score (nSPS) is 10.3. The van der Waals surface area contributed by atoms with E-state index >= 15 is 0 Å². The number of rotatable bonds is 3. The number of nitrogen functional groups attached to an aromatic ring is 1. The molecule has 0 saturated carbocycles. The Labute approximate surface area is 81.3 Å². The van der Waals surface area contributed by atoms with Crippen LogP contribution in [-0.4, -0.2) is 20.6 Å². The van der Waals surface area contributed by atoms with E-state index in [1.54, 1.807) is 0 Å². The van der Waals surface area contributed by atoms with Crippen LogP contribution in [0.15, 0.2) is 24.3 Å². The number of aromatic nitrogens is 4. The van der Waals surface area contributed by atoms with Crippen molar-refractivity contribution in [1.29, 1.82) is 0 Å². The lowest BCUT2D eigenvalue weighted by Gasteiger charge is -2.02. The maximum absolute atomic E-state index is 5.80. The monoisotopic (exact) mass is 189 g/mol. The topological polar surface area (TPSA) is 80.5 Å². The minimum Gasteiger partial charge on any atom is -0.399 e. The van der Waals surface area contributed by atoms with E-state index in [0.717, 1.165) is 24.1 Å². The Bertz CT molecular complexity index is 395. The Balaban J connectivity index is 2.02. The molecule has 0 saturated heterocycles. The standard InChI is InChI=1S/C9H11N5/c10-8-4-2-1-3-7(8)5-6-9-11-13-14-12-9/h1-4H,5-6,10H2,(H,11,12,13,14). The summed E-state index contributed by atoms with van der Waals surface area (Å²) in [4.78, 5) is 0. The SMILES string of the molecule is Nc1ccccc1CCc1nn[nH]n1. The van der Waals surface area contributed by atoms with E-state index < -0.39 is 0 Å². The van der Waals surface area contributed by atoms with Crippen molar-refractivity contribution >= 4 is 5.69 Å². The van der Waals surface area contributed by atoms with Crippen LogP contribution in [0.1, 0.15) is 11.4 Å². The number of aromatic amines is 1. The molecule has 5 heteroatoms. The molecule has 0 aliphatic carbocycles. The van der Waals surface area contributed by atoms with Gasteiger partial charge in [0.25, 0.3) is 0 Å². The first-order chi connectivity index (χ1) is 6.86. The molecule has 0 aliphatic rings. The van der Waals surface area contributed by atoms with Crippen molar-refractivity contribution in [2.75, 3.05) is 5.73 Å². The Morgan fingerprint density at radius 3 is 2.79 bits per heavy atom. The van der Waals surface area contributed by atoms with Gasteiger partial charge in [0.1, 0.15) is 0 Å². The van der Waals surface area contributed by atoms with Gasteiger partial charge in [-0.3, -0.25) is 0 Å². The van der Waals surface area contributed by atoms with Gasteiger partial charge in [0, 0.05) is 12.1 Å². The fraction of sp³-hybridized carbons (Fsp3) is 0.222. The zero-order chi connectivity index (χ0) is 9.80. The number of H-pyrrole nitrogens is 1. The van der Waals surface area contributed by atoms with Gasteiger partial charge in [0.05, 0.1) is 0 Å². The maximum atomic E-state index is 5.80. The Hall–Kier alpha value is -1.91.